The Balaban J connectivity index is 2.05. The SMILES string of the molecule is COC(=O)c1ccccc1NC(=O)COC(=O)c1cc(Cl)c(OC)c(OC)c1. The number of halogens is 1. The zero-order valence-corrected chi connectivity index (χ0v) is 16.2. The molecule has 0 unspecified atom stereocenters. The standard InChI is InChI=1S/C19H18ClNO7/c1-25-15-9-11(8-13(20)17(15)26-2)18(23)28-10-16(22)21-14-7-5-4-6-12(14)19(24)27-3/h4-9H,10H2,1-3H3,(H,21,22). The van der Waals surface area contributed by atoms with Crippen molar-refractivity contribution in [2.45, 2.75) is 0 Å². The first-order valence-corrected chi connectivity index (χ1v) is 8.34. The third-order valence-corrected chi connectivity index (χ3v) is 3.89. The lowest BCUT2D eigenvalue weighted by Crippen LogP contribution is -2.22. The zero-order valence-electron chi connectivity index (χ0n) is 15.4. The normalized spacial score (nSPS) is 10.0. The largest absolute Gasteiger partial charge is 0.493 e. The maximum atomic E-state index is 12.2. The van der Waals surface area contributed by atoms with Crippen molar-refractivity contribution in [1.82, 2.24) is 0 Å². The van der Waals surface area contributed by atoms with E-state index in [9.17, 15) is 14.4 Å². The average molecular weight is 408 g/mol. The van der Waals surface area contributed by atoms with E-state index in [2.05, 4.69) is 10.1 Å². The molecule has 148 valence electrons. The lowest BCUT2D eigenvalue weighted by molar-refractivity contribution is -0.119. The Morgan fingerprint density at radius 1 is 1.00 bits per heavy atom. The molecule has 2 aromatic rings. The van der Waals surface area contributed by atoms with Gasteiger partial charge in [-0.05, 0) is 24.3 Å². The Labute approximate surface area is 166 Å². The van der Waals surface area contributed by atoms with Gasteiger partial charge in [0.15, 0.2) is 18.1 Å². The third-order valence-electron chi connectivity index (χ3n) is 3.61. The van der Waals surface area contributed by atoms with Gasteiger partial charge in [0.25, 0.3) is 5.91 Å². The molecule has 0 fully saturated rings. The van der Waals surface area contributed by atoms with E-state index >= 15 is 0 Å². The number of carbonyl (C=O) groups is 3. The van der Waals surface area contributed by atoms with Crippen LogP contribution in [0.1, 0.15) is 20.7 Å². The highest BCUT2D eigenvalue weighted by molar-refractivity contribution is 6.32. The quantitative estimate of drug-likeness (QED) is 0.704. The average Bonchev–Trinajstić information content (AvgIpc) is 2.71. The number of para-hydroxylation sites is 1. The van der Waals surface area contributed by atoms with E-state index < -0.39 is 24.5 Å². The van der Waals surface area contributed by atoms with Crippen molar-refractivity contribution in [1.29, 1.82) is 0 Å². The van der Waals surface area contributed by atoms with Gasteiger partial charge in [0, 0.05) is 0 Å². The van der Waals surface area contributed by atoms with Crippen LogP contribution in [0, 0.1) is 0 Å². The van der Waals surface area contributed by atoms with Crippen LogP contribution in [0.5, 0.6) is 11.5 Å². The smallest absolute Gasteiger partial charge is 0.339 e. The molecule has 0 spiro atoms. The second-order valence-corrected chi connectivity index (χ2v) is 5.76. The molecule has 0 saturated carbocycles. The van der Waals surface area contributed by atoms with Crippen molar-refractivity contribution in [2.24, 2.45) is 0 Å². The number of benzene rings is 2. The molecular formula is C19H18ClNO7. The van der Waals surface area contributed by atoms with Gasteiger partial charge < -0.3 is 24.3 Å². The van der Waals surface area contributed by atoms with Crippen LogP contribution in [0.15, 0.2) is 36.4 Å². The minimum atomic E-state index is -0.778. The van der Waals surface area contributed by atoms with Gasteiger partial charge in [0.1, 0.15) is 0 Å². The number of esters is 2. The number of hydrogen-bond donors (Lipinski definition) is 1. The molecule has 0 aliphatic carbocycles. The van der Waals surface area contributed by atoms with E-state index in [0.717, 1.165) is 0 Å². The topological polar surface area (TPSA) is 100 Å². The molecule has 0 radical (unpaired) electrons. The first kappa shape index (κ1) is 21.0. The number of amides is 1. The number of carbonyl (C=O) groups excluding carboxylic acids is 3. The van der Waals surface area contributed by atoms with Crippen LogP contribution in [0.2, 0.25) is 5.02 Å². The predicted molar refractivity (Wildman–Crippen MR) is 101 cm³/mol. The van der Waals surface area contributed by atoms with Crippen molar-refractivity contribution in [2.75, 3.05) is 33.3 Å². The van der Waals surface area contributed by atoms with Crippen LogP contribution in [0.3, 0.4) is 0 Å². The summed E-state index contributed by atoms with van der Waals surface area (Å²) in [5.74, 6) is -1.49. The maximum Gasteiger partial charge on any atom is 0.339 e. The number of hydrogen-bond acceptors (Lipinski definition) is 7. The Bertz CT molecular complexity index is 898. The van der Waals surface area contributed by atoms with E-state index in [1.165, 1.54) is 45.6 Å². The molecule has 0 heterocycles. The van der Waals surface area contributed by atoms with Crippen LogP contribution in [-0.2, 0) is 14.3 Å². The highest BCUT2D eigenvalue weighted by Gasteiger charge is 2.18. The fraction of sp³-hybridized carbons (Fsp3) is 0.211. The number of methoxy groups -OCH3 is 3. The molecular weight excluding hydrogens is 390 g/mol. The van der Waals surface area contributed by atoms with E-state index in [-0.39, 0.29) is 33.3 Å². The van der Waals surface area contributed by atoms with Gasteiger partial charge in [-0.2, -0.15) is 0 Å². The minimum Gasteiger partial charge on any atom is -0.493 e. The number of ether oxygens (including phenoxy) is 4. The highest BCUT2D eigenvalue weighted by atomic mass is 35.5. The molecule has 0 bridgehead atoms. The summed E-state index contributed by atoms with van der Waals surface area (Å²) in [6.45, 7) is -0.569. The van der Waals surface area contributed by atoms with Gasteiger partial charge in [-0.1, -0.05) is 23.7 Å². The van der Waals surface area contributed by atoms with Gasteiger partial charge in [-0.15, -0.1) is 0 Å². The summed E-state index contributed by atoms with van der Waals surface area (Å²) in [6, 6.07) is 9.02. The van der Waals surface area contributed by atoms with Gasteiger partial charge in [-0.3, -0.25) is 4.79 Å². The van der Waals surface area contributed by atoms with Crippen LogP contribution < -0.4 is 14.8 Å². The Morgan fingerprint density at radius 3 is 2.36 bits per heavy atom. The summed E-state index contributed by atoms with van der Waals surface area (Å²) >= 11 is 6.05. The number of rotatable bonds is 7. The van der Waals surface area contributed by atoms with Gasteiger partial charge in [-0.25, -0.2) is 9.59 Å². The molecule has 2 rings (SSSR count). The first-order chi connectivity index (χ1) is 13.4. The molecule has 0 aromatic heterocycles. The Hall–Kier alpha value is -3.26. The lowest BCUT2D eigenvalue weighted by Gasteiger charge is -2.12. The third kappa shape index (κ3) is 4.92. The molecule has 2 aromatic carbocycles. The van der Waals surface area contributed by atoms with Crippen molar-refractivity contribution in [3.8, 4) is 11.5 Å². The summed E-state index contributed by atoms with van der Waals surface area (Å²) in [6.07, 6.45) is 0. The second-order valence-electron chi connectivity index (χ2n) is 5.36. The van der Waals surface area contributed by atoms with E-state index in [1.807, 2.05) is 0 Å². The van der Waals surface area contributed by atoms with Crippen LogP contribution >= 0.6 is 11.6 Å². The highest BCUT2D eigenvalue weighted by Crippen LogP contribution is 2.36. The van der Waals surface area contributed by atoms with Crippen LogP contribution in [-0.4, -0.2) is 45.8 Å². The summed E-state index contributed by atoms with van der Waals surface area (Å²) in [5.41, 5.74) is 0.506. The predicted octanol–water partition coefficient (Wildman–Crippen LogP) is 2.94. The van der Waals surface area contributed by atoms with Crippen LogP contribution in [0.4, 0.5) is 5.69 Å². The first-order valence-electron chi connectivity index (χ1n) is 7.97. The number of nitrogens with one attached hydrogen (secondary N) is 1. The summed E-state index contributed by atoms with van der Waals surface area (Å²) < 4.78 is 19.9. The minimum absolute atomic E-state index is 0.0883. The van der Waals surface area contributed by atoms with E-state index in [4.69, 9.17) is 25.8 Å². The van der Waals surface area contributed by atoms with Gasteiger partial charge >= 0.3 is 11.9 Å². The molecule has 1 N–H and O–H groups in total. The Kier molecular flexibility index (Phi) is 7.22. The van der Waals surface area contributed by atoms with Gasteiger partial charge in [0.2, 0.25) is 0 Å². The van der Waals surface area contributed by atoms with Crippen molar-refractivity contribution < 1.29 is 33.3 Å². The molecule has 0 aliphatic rings. The molecule has 0 aliphatic heterocycles. The van der Waals surface area contributed by atoms with Crippen molar-refractivity contribution in [3.63, 3.8) is 0 Å². The van der Waals surface area contributed by atoms with Crippen molar-refractivity contribution in [3.05, 3.63) is 52.5 Å². The van der Waals surface area contributed by atoms with E-state index in [1.54, 1.807) is 12.1 Å². The lowest BCUT2D eigenvalue weighted by atomic mass is 10.2. The maximum absolute atomic E-state index is 12.2. The molecule has 8 nitrogen and oxygen atoms in total. The summed E-state index contributed by atoms with van der Waals surface area (Å²) in [7, 11) is 4.05. The molecule has 9 heteroatoms. The molecule has 0 atom stereocenters. The second kappa shape index (κ2) is 9.61. The van der Waals surface area contributed by atoms with Crippen LogP contribution in [0.25, 0.3) is 0 Å². The van der Waals surface area contributed by atoms with Crippen molar-refractivity contribution >= 4 is 35.1 Å². The van der Waals surface area contributed by atoms with Gasteiger partial charge in [0.05, 0.1) is 43.2 Å². The fourth-order valence-corrected chi connectivity index (χ4v) is 2.60. The summed E-state index contributed by atoms with van der Waals surface area (Å²) in [4.78, 5) is 36.0. The monoisotopic (exact) mass is 407 g/mol. The Morgan fingerprint density at radius 2 is 1.71 bits per heavy atom. The van der Waals surface area contributed by atoms with E-state index in [0.29, 0.717) is 0 Å². The molecule has 28 heavy (non-hydrogen) atoms. The fourth-order valence-electron chi connectivity index (χ4n) is 2.32. The zero-order chi connectivity index (χ0) is 20.7. The molecule has 1 amide bonds. The number of anilines is 1. The summed E-state index contributed by atoms with van der Waals surface area (Å²) in [5, 5.41) is 2.65. The molecule has 0 saturated heterocycles.